The van der Waals surface area contributed by atoms with Crippen molar-refractivity contribution in [2.45, 2.75) is 13.1 Å². The number of nitrogens with one attached hydrogen (secondary N) is 1. The van der Waals surface area contributed by atoms with Gasteiger partial charge in [0.05, 0.1) is 6.54 Å². The largest absolute Gasteiger partial charge is 0.306 e. The molecule has 0 aliphatic carbocycles. The number of pyridine rings is 1. The summed E-state index contributed by atoms with van der Waals surface area (Å²) in [5, 5.41) is 12.4. The topological polar surface area (TPSA) is 42.2 Å². The van der Waals surface area contributed by atoms with Crippen LogP contribution in [0.25, 0.3) is 5.65 Å². The molecule has 19 heavy (non-hydrogen) atoms. The molecular weight excluding hydrogens is 260 g/mol. The number of hydrogen-bond acceptors (Lipinski definition) is 3. The van der Waals surface area contributed by atoms with E-state index in [9.17, 15) is 0 Å². The molecule has 0 aliphatic rings. The van der Waals surface area contributed by atoms with Gasteiger partial charge in [-0.25, -0.2) is 0 Å². The van der Waals surface area contributed by atoms with Crippen LogP contribution in [0, 0.1) is 0 Å². The van der Waals surface area contributed by atoms with Gasteiger partial charge in [-0.1, -0.05) is 29.8 Å². The van der Waals surface area contributed by atoms with E-state index < -0.39 is 0 Å². The van der Waals surface area contributed by atoms with Gasteiger partial charge < -0.3 is 5.32 Å². The number of fused-ring (bicyclic) bond motifs is 1. The Morgan fingerprint density at radius 2 is 2.00 bits per heavy atom. The fourth-order valence-corrected chi connectivity index (χ4v) is 2.19. The Labute approximate surface area is 116 Å². The fraction of sp³-hybridized carbons (Fsp3) is 0.143. The van der Waals surface area contributed by atoms with Gasteiger partial charge in [-0.2, -0.15) is 0 Å². The van der Waals surface area contributed by atoms with Gasteiger partial charge in [0.2, 0.25) is 0 Å². The Kier molecular flexibility index (Phi) is 3.44. The molecule has 3 rings (SSSR count). The number of hydrogen-bond donors (Lipinski definition) is 1. The number of nitrogens with zero attached hydrogens (tertiary/aromatic N) is 3. The fourth-order valence-electron chi connectivity index (χ4n) is 1.98. The summed E-state index contributed by atoms with van der Waals surface area (Å²) in [6, 6.07) is 13.7. The molecule has 0 spiro atoms. The smallest absolute Gasteiger partial charge is 0.160 e. The minimum atomic E-state index is 0.664. The Morgan fingerprint density at radius 1 is 1.05 bits per heavy atom. The van der Waals surface area contributed by atoms with Crippen molar-refractivity contribution >= 4 is 17.2 Å². The zero-order valence-electron chi connectivity index (χ0n) is 10.3. The summed E-state index contributed by atoms with van der Waals surface area (Å²) in [4.78, 5) is 0. The van der Waals surface area contributed by atoms with E-state index in [-0.39, 0.29) is 0 Å². The third-order valence-electron chi connectivity index (χ3n) is 2.89. The Balaban J connectivity index is 1.66. The molecule has 0 bridgehead atoms. The molecule has 3 aromatic rings. The Bertz CT molecular complexity index is 692. The molecule has 0 aliphatic heterocycles. The monoisotopic (exact) mass is 272 g/mol. The van der Waals surface area contributed by atoms with Crippen molar-refractivity contribution in [3.8, 4) is 0 Å². The first-order valence-corrected chi connectivity index (χ1v) is 6.44. The molecule has 96 valence electrons. The van der Waals surface area contributed by atoms with Gasteiger partial charge in [-0.15, -0.1) is 10.2 Å². The van der Waals surface area contributed by atoms with E-state index in [1.807, 2.05) is 53.1 Å². The highest BCUT2D eigenvalue weighted by molar-refractivity contribution is 6.30. The highest BCUT2D eigenvalue weighted by atomic mass is 35.5. The van der Waals surface area contributed by atoms with E-state index in [4.69, 9.17) is 11.6 Å². The van der Waals surface area contributed by atoms with Crippen LogP contribution in [-0.2, 0) is 13.1 Å². The van der Waals surface area contributed by atoms with Crippen molar-refractivity contribution in [2.24, 2.45) is 0 Å². The quantitative estimate of drug-likeness (QED) is 0.794. The van der Waals surface area contributed by atoms with Gasteiger partial charge in [-0.3, -0.25) is 4.40 Å². The Morgan fingerprint density at radius 3 is 2.89 bits per heavy atom. The van der Waals surface area contributed by atoms with Crippen molar-refractivity contribution in [3.05, 3.63) is 65.1 Å². The van der Waals surface area contributed by atoms with Gasteiger partial charge in [0.1, 0.15) is 0 Å². The first-order chi connectivity index (χ1) is 9.33. The zero-order valence-corrected chi connectivity index (χ0v) is 11.0. The van der Waals surface area contributed by atoms with Crippen LogP contribution in [-0.4, -0.2) is 14.6 Å². The standard InChI is InChI=1S/C14H13ClN4/c15-12-5-3-4-11(8-12)9-16-10-14-18-17-13-6-1-2-7-19(13)14/h1-8,16H,9-10H2. The molecule has 0 atom stereocenters. The third-order valence-corrected chi connectivity index (χ3v) is 3.12. The molecule has 0 saturated carbocycles. The molecule has 2 aromatic heterocycles. The molecule has 4 nitrogen and oxygen atoms in total. The molecule has 1 aromatic carbocycles. The third kappa shape index (κ3) is 2.75. The van der Waals surface area contributed by atoms with E-state index in [1.54, 1.807) is 0 Å². The van der Waals surface area contributed by atoms with Gasteiger partial charge in [-0.05, 0) is 29.8 Å². The summed E-state index contributed by atoms with van der Waals surface area (Å²) < 4.78 is 1.98. The summed E-state index contributed by atoms with van der Waals surface area (Å²) >= 11 is 5.95. The number of aromatic nitrogens is 3. The van der Waals surface area contributed by atoms with Crippen molar-refractivity contribution in [3.63, 3.8) is 0 Å². The van der Waals surface area contributed by atoms with Crippen molar-refractivity contribution in [2.75, 3.05) is 0 Å². The predicted octanol–water partition coefficient (Wildman–Crippen LogP) is 2.67. The van der Waals surface area contributed by atoms with E-state index in [0.717, 1.165) is 28.6 Å². The molecule has 0 fully saturated rings. The molecule has 5 heteroatoms. The lowest BCUT2D eigenvalue weighted by atomic mass is 10.2. The summed E-state index contributed by atoms with van der Waals surface area (Å²) in [6.07, 6.45) is 1.96. The first kappa shape index (κ1) is 12.1. The molecular formula is C14H13ClN4. The lowest BCUT2D eigenvalue weighted by molar-refractivity contribution is 0.657. The van der Waals surface area contributed by atoms with Gasteiger partial charge in [0.25, 0.3) is 0 Å². The van der Waals surface area contributed by atoms with Crippen molar-refractivity contribution in [1.82, 2.24) is 19.9 Å². The first-order valence-electron chi connectivity index (χ1n) is 6.07. The Hall–Kier alpha value is -1.91. The summed E-state index contributed by atoms with van der Waals surface area (Å²) in [7, 11) is 0. The molecule has 2 heterocycles. The maximum absolute atomic E-state index is 5.95. The number of rotatable bonds is 4. The zero-order chi connectivity index (χ0) is 13.1. The lowest BCUT2D eigenvalue weighted by Gasteiger charge is -2.04. The van der Waals surface area contributed by atoms with Crippen LogP contribution in [0.15, 0.2) is 48.7 Å². The molecule has 0 saturated heterocycles. The van der Waals surface area contributed by atoms with E-state index in [2.05, 4.69) is 15.5 Å². The average molecular weight is 273 g/mol. The molecule has 0 amide bonds. The lowest BCUT2D eigenvalue weighted by Crippen LogP contribution is -2.14. The summed E-state index contributed by atoms with van der Waals surface area (Å²) in [5.41, 5.74) is 2.02. The summed E-state index contributed by atoms with van der Waals surface area (Å²) in [5.74, 6) is 0.901. The number of halogens is 1. The van der Waals surface area contributed by atoms with Gasteiger partial charge in [0, 0.05) is 17.8 Å². The van der Waals surface area contributed by atoms with Crippen LogP contribution in [0.1, 0.15) is 11.4 Å². The van der Waals surface area contributed by atoms with E-state index in [1.165, 1.54) is 0 Å². The van der Waals surface area contributed by atoms with Crippen LogP contribution in [0.2, 0.25) is 5.02 Å². The SMILES string of the molecule is Clc1cccc(CNCc2nnc3ccccn23)c1. The molecule has 0 radical (unpaired) electrons. The highest BCUT2D eigenvalue weighted by Gasteiger charge is 2.03. The predicted molar refractivity (Wildman–Crippen MR) is 75.0 cm³/mol. The van der Waals surface area contributed by atoms with E-state index in [0.29, 0.717) is 6.54 Å². The second-order valence-corrected chi connectivity index (χ2v) is 4.71. The van der Waals surface area contributed by atoms with Crippen molar-refractivity contribution < 1.29 is 0 Å². The minimum absolute atomic E-state index is 0.664. The maximum atomic E-state index is 5.95. The second-order valence-electron chi connectivity index (χ2n) is 4.28. The van der Waals surface area contributed by atoms with Crippen LogP contribution >= 0.6 is 11.6 Å². The van der Waals surface area contributed by atoms with Crippen LogP contribution in [0.3, 0.4) is 0 Å². The van der Waals surface area contributed by atoms with Crippen LogP contribution < -0.4 is 5.32 Å². The highest BCUT2D eigenvalue weighted by Crippen LogP contribution is 2.10. The molecule has 0 unspecified atom stereocenters. The maximum Gasteiger partial charge on any atom is 0.160 e. The van der Waals surface area contributed by atoms with Crippen LogP contribution in [0.5, 0.6) is 0 Å². The average Bonchev–Trinajstić information content (AvgIpc) is 2.83. The van der Waals surface area contributed by atoms with Gasteiger partial charge in [0.15, 0.2) is 11.5 Å². The molecule has 1 N–H and O–H groups in total. The second kappa shape index (κ2) is 5.38. The summed E-state index contributed by atoms with van der Waals surface area (Å²) in [6.45, 7) is 1.42. The van der Waals surface area contributed by atoms with E-state index >= 15 is 0 Å². The van der Waals surface area contributed by atoms with Crippen molar-refractivity contribution in [1.29, 1.82) is 0 Å². The minimum Gasteiger partial charge on any atom is -0.306 e. The normalized spacial score (nSPS) is 11.0. The van der Waals surface area contributed by atoms with Crippen LogP contribution in [0.4, 0.5) is 0 Å². The van der Waals surface area contributed by atoms with Gasteiger partial charge >= 0.3 is 0 Å². The number of benzene rings is 1.